The SMILES string of the molecule is O=C1CCC(N2Cc3cc(N4CCN(CCCCCOc5cccc([C@@H]6c7ccc(O)cc7CC[C@@H]6c6ccc(F)cc6)c5)CC4)ccc3C2=O)C(=O)N1. The van der Waals surface area contributed by atoms with Crippen molar-refractivity contribution in [3.8, 4) is 11.5 Å². The molecule has 54 heavy (non-hydrogen) atoms. The van der Waals surface area contributed by atoms with Crippen molar-refractivity contribution >= 4 is 23.4 Å². The molecule has 3 aliphatic heterocycles. The number of unbranched alkanes of at least 4 members (excludes halogenated alkanes) is 2. The standard InChI is InChI=1S/C44H47FN4O5/c45-33-10-7-29(8-11-33)37-14-9-30-26-35(50)13-16-38(30)42(37)31-5-4-6-36(27-31)54-24-3-1-2-19-47-20-22-48(23-21-47)34-12-15-39-32(25-34)28-49(44(39)53)40-17-18-41(51)46-43(40)52/h4-8,10-13,15-16,25-27,37,40,42,50H,1-3,9,14,17-24,28H2,(H,46,51,52)/t37-,40?,42+/m1/s1. The van der Waals surface area contributed by atoms with Crippen LogP contribution < -0.4 is 15.0 Å². The number of amides is 3. The fraction of sp³-hybridized carbons (Fsp3) is 0.386. The predicted molar refractivity (Wildman–Crippen MR) is 204 cm³/mol. The number of rotatable bonds is 11. The number of piperidine rings is 1. The van der Waals surface area contributed by atoms with Gasteiger partial charge in [-0.25, -0.2) is 4.39 Å². The molecule has 4 aromatic carbocycles. The highest BCUT2D eigenvalue weighted by Gasteiger charge is 2.39. The minimum atomic E-state index is -0.599. The number of anilines is 1. The summed E-state index contributed by atoms with van der Waals surface area (Å²) >= 11 is 0. The van der Waals surface area contributed by atoms with E-state index in [1.807, 2.05) is 42.5 Å². The third-order valence-corrected chi connectivity index (χ3v) is 11.7. The van der Waals surface area contributed by atoms with Gasteiger partial charge in [-0.05, 0) is 133 Å². The number of hydrogen-bond donors (Lipinski definition) is 2. The molecule has 2 fully saturated rings. The molecule has 9 nitrogen and oxygen atoms in total. The maximum atomic E-state index is 13.8. The van der Waals surface area contributed by atoms with Gasteiger partial charge in [-0.2, -0.15) is 0 Å². The second-order valence-electron chi connectivity index (χ2n) is 15.1. The molecule has 3 atom stereocenters. The van der Waals surface area contributed by atoms with Gasteiger partial charge in [0.25, 0.3) is 5.91 Å². The van der Waals surface area contributed by atoms with Crippen molar-refractivity contribution in [2.24, 2.45) is 0 Å². The Morgan fingerprint density at radius 2 is 1.63 bits per heavy atom. The molecule has 2 N–H and O–H groups in total. The van der Waals surface area contributed by atoms with Crippen molar-refractivity contribution in [2.75, 3.05) is 44.2 Å². The number of aromatic hydroxyl groups is 1. The van der Waals surface area contributed by atoms with Crippen molar-refractivity contribution in [2.45, 2.75) is 69.4 Å². The minimum Gasteiger partial charge on any atom is -0.508 e. The smallest absolute Gasteiger partial charge is 0.255 e. The Kier molecular flexibility index (Phi) is 10.4. The topological polar surface area (TPSA) is 102 Å². The summed E-state index contributed by atoms with van der Waals surface area (Å²) in [7, 11) is 0. The highest BCUT2D eigenvalue weighted by Crippen LogP contribution is 2.47. The highest BCUT2D eigenvalue weighted by atomic mass is 19.1. The van der Waals surface area contributed by atoms with Crippen LogP contribution in [0.5, 0.6) is 11.5 Å². The van der Waals surface area contributed by atoms with Gasteiger partial charge in [-0.3, -0.25) is 24.6 Å². The molecule has 0 saturated carbocycles. The van der Waals surface area contributed by atoms with Gasteiger partial charge in [0, 0.05) is 56.3 Å². The average Bonchev–Trinajstić information content (AvgIpc) is 3.51. The number of carbonyl (C=O) groups is 3. The largest absolute Gasteiger partial charge is 0.508 e. The molecule has 4 aromatic rings. The van der Waals surface area contributed by atoms with Crippen LogP contribution >= 0.6 is 0 Å². The Hall–Kier alpha value is -5.22. The normalized spacial score (nSPS) is 21.5. The van der Waals surface area contributed by atoms with Crippen molar-refractivity contribution in [3.05, 3.63) is 124 Å². The Bertz CT molecular complexity index is 2030. The number of hydrogen-bond acceptors (Lipinski definition) is 7. The summed E-state index contributed by atoms with van der Waals surface area (Å²) in [5.41, 5.74) is 7.33. The van der Waals surface area contributed by atoms with E-state index >= 15 is 0 Å². The van der Waals surface area contributed by atoms with E-state index in [0.717, 1.165) is 98.5 Å². The number of nitrogens with one attached hydrogen (secondary N) is 1. The highest BCUT2D eigenvalue weighted by molar-refractivity contribution is 6.05. The average molecular weight is 731 g/mol. The molecule has 3 amide bonds. The maximum absolute atomic E-state index is 13.8. The van der Waals surface area contributed by atoms with Gasteiger partial charge in [-0.1, -0.05) is 30.3 Å². The van der Waals surface area contributed by atoms with E-state index in [-0.39, 0.29) is 47.5 Å². The van der Waals surface area contributed by atoms with E-state index in [2.05, 4.69) is 39.4 Å². The second-order valence-corrected chi connectivity index (χ2v) is 15.1. The van der Waals surface area contributed by atoms with Crippen LogP contribution in [0, 0.1) is 5.82 Å². The molecule has 8 rings (SSSR count). The maximum Gasteiger partial charge on any atom is 0.255 e. The lowest BCUT2D eigenvalue weighted by molar-refractivity contribution is -0.136. The van der Waals surface area contributed by atoms with Crippen molar-refractivity contribution in [1.82, 2.24) is 15.1 Å². The lowest BCUT2D eigenvalue weighted by atomic mass is 9.69. The zero-order valence-corrected chi connectivity index (χ0v) is 30.5. The van der Waals surface area contributed by atoms with E-state index < -0.39 is 6.04 Å². The summed E-state index contributed by atoms with van der Waals surface area (Å²) in [5, 5.41) is 12.6. The molecule has 0 aromatic heterocycles. The molecule has 3 heterocycles. The number of ether oxygens (including phenoxy) is 1. The number of imide groups is 1. The molecule has 0 spiro atoms. The first-order valence-corrected chi connectivity index (χ1v) is 19.4. The van der Waals surface area contributed by atoms with Gasteiger partial charge in [0.2, 0.25) is 11.8 Å². The summed E-state index contributed by atoms with van der Waals surface area (Å²) in [6, 6.07) is 26.3. The van der Waals surface area contributed by atoms with E-state index in [1.165, 1.54) is 5.56 Å². The third-order valence-electron chi connectivity index (χ3n) is 11.7. The van der Waals surface area contributed by atoms with Crippen LogP contribution in [0.25, 0.3) is 0 Å². The summed E-state index contributed by atoms with van der Waals surface area (Å²) in [6.45, 7) is 5.87. The first kappa shape index (κ1) is 35.8. The molecular weight excluding hydrogens is 684 g/mol. The monoisotopic (exact) mass is 730 g/mol. The third kappa shape index (κ3) is 7.57. The molecule has 10 heteroatoms. The van der Waals surface area contributed by atoms with Gasteiger partial charge >= 0.3 is 0 Å². The summed E-state index contributed by atoms with van der Waals surface area (Å²) in [5.74, 6) is 0.368. The molecule has 4 aliphatic rings. The number of phenolic OH excluding ortho intramolecular Hbond substituents is 1. The Balaban J connectivity index is 0.797. The summed E-state index contributed by atoms with van der Waals surface area (Å²) in [4.78, 5) is 43.6. The first-order chi connectivity index (χ1) is 26.3. The molecule has 0 radical (unpaired) electrons. The number of nitrogens with zero attached hydrogens (tertiary/aromatic N) is 3. The van der Waals surface area contributed by atoms with E-state index in [9.17, 15) is 23.9 Å². The Morgan fingerprint density at radius 3 is 2.44 bits per heavy atom. The minimum absolute atomic E-state index is 0.0751. The molecule has 2 saturated heterocycles. The number of phenols is 1. The van der Waals surface area contributed by atoms with Crippen LogP contribution in [-0.4, -0.2) is 78.0 Å². The molecular formula is C44H47FN4O5. The number of carbonyl (C=O) groups excluding carboxylic acids is 3. The molecule has 0 bridgehead atoms. The number of fused-ring (bicyclic) bond motifs is 2. The van der Waals surface area contributed by atoms with Crippen LogP contribution in [0.3, 0.4) is 0 Å². The lowest BCUT2D eigenvalue weighted by Crippen LogP contribution is -2.52. The molecule has 1 unspecified atom stereocenters. The van der Waals surface area contributed by atoms with Gasteiger partial charge in [0.1, 0.15) is 23.4 Å². The van der Waals surface area contributed by atoms with Crippen LogP contribution in [0.15, 0.2) is 84.9 Å². The van der Waals surface area contributed by atoms with E-state index in [4.69, 9.17) is 4.74 Å². The van der Waals surface area contributed by atoms with Crippen LogP contribution in [0.2, 0.25) is 0 Å². The fourth-order valence-corrected chi connectivity index (χ4v) is 8.88. The quantitative estimate of drug-likeness (QED) is 0.134. The lowest BCUT2D eigenvalue weighted by Gasteiger charge is -2.36. The molecule has 1 aliphatic carbocycles. The zero-order chi connectivity index (χ0) is 37.2. The zero-order valence-electron chi connectivity index (χ0n) is 30.5. The predicted octanol–water partition coefficient (Wildman–Crippen LogP) is 6.53. The van der Waals surface area contributed by atoms with E-state index in [1.54, 1.807) is 23.1 Å². The Labute approximate surface area is 315 Å². The van der Waals surface area contributed by atoms with Crippen molar-refractivity contribution in [3.63, 3.8) is 0 Å². The Morgan fingerprint density at radius 1 is 0.796 bits per heavy atom. The summed E-state index contributed by atoms with van der Waals surface area (Å²) < 4.78 is 20.1. The summed E-state index contributed by atoms with van der Waals surface area (Å²) in [6.07, 6.45) is 5.54. The van der Waals surface area contributed by atoms with Gasteiger partial charge in [0.05, 0.1) is 6.61 Å². The first-order valence-electron chi connectivity index (χ1n) is 19.4. The fourth-order valence-electron chi connectivity index (χ4n) is 8.88. The van der Waals surface area contributed by atoms with Crippen LogP contribution in [0.1, 0.15) is 88.5 Å². The van der Waals surface area contributed by atoms with Gasteiger partial charge in [-0.15, -0.1) is 0 Å². The van der Waals surface area contributed by atoms with E-state index in [0.29, 0.717) is 25.1 Å². The number of benzene rings is 4. The van der Waals surface area contributed by atoms with Gasteiger partial charge in [0.15, 0.2) is 0 Å². The van der Waals surface area contributed by atoms with Crippen molar-refractivity contribution < 1.29 is 28.6 Å². The van der Waals surface area contributed by atoms with Crippen molar-refractivity contribution in [1.29, 1.82) is 0 Å². The van der Waals surface area contributed by atoms with Crippen LogP contribution in [0.4, 0.5) is 10.1 Å². The van der Waals surface area contributed by atoms with Crippen LogP contribution in [-0.2, 0) is 22.6 Å². The number of aryl methyl sites for hydroxylation is 1. The molecule has 280 valence electrons. The number of halogens is 1. The second kappa shape index (κ2) is 15.6. The van der Waals surface area contributed by atoms with Gasteiger partial charge < -0.3 is 19.6 Å². The number of piperazine rings is 1.